The standard InChI is InChI=1S/C18H30N4O2S/c1-3-19-18(20-12-8-13-21-25(23,24)4-2)22-14-11-17(15-22)16-9-6-5-7-10-16/h5-7,9-10,17,21H,3-4,8,11-15H2,1-2H3,(H,19,20). The summed E-state index contributed by atoms with van der Waals surface area (Å²) in [6, 6.07) is 10.6. The number of sulfonamides is 1. The van der Waals surface area contributed by atoms with Crippen LogP contribution in [-0.2, 0) is 10.0 Å². The third-order valence-electron chi connectivity index (χ3n) is 4.39. The van der Waals surface area contributed by atoms with Crippen LogP contribution < -0.4 is 10.0 Å². The fourth-order valence-electron chi connectivity index (χ4n) is 2.97. The van der Waals surface area contributed by atoms with Crippen molar-refractivity contribution in [1.29, 1.82) is 0 Å². The molecule has 1 aromatic rings. The molecule has 1 aliphatic rings. The highest BCUT2D eigenvalue weighted by atomic mass is 32.2. The fraction of sp³-hybridized carbons (Fsp3) is 0.611. The van der Waals surface area contributed by atoms with Gasteiger partial charge < -0.3 is 10.2 Å². The zero-order valence-electron chi connectivity index (χ0n) is 15.2. The first kappa shape index (κ1) is 19.7. The Morgan fingerprint density at radius 2 is 2.04 bits per heavy atom. The van der Waals surface area contributed by atoms with Crippen molar-refractivity contribution in [3.8, 4) is 0 Å². The molecule has 1 saturated heterocycles. The smallest absolute Gasteiger partial charge is 0.211 e. The van der Waals surface area contributed by atoms with E-state index in [2.05, 4.69) is 57.2 Å². The number of guanidine groups is 1. The number of rotatable bonds is 8. The van der Waals surface area contributed by atoms with Gasteiger partial charge in [0.05, 0.1) is 5.75 Å². The second-order valence-electron chi connectivity index (χ2n) is 6.23. The summed E-state index contributed by atoms with van der Waals surface area (Å²) in [6.45, 7) is 7.54. The van der Waals surface area contributed by atoms with Gasteiger partial charge >= 0.3 is 0 Å². The van der Waals surface area contributed by atoms with E-state index in [0.29, 0.717) is 25.4 Å². The third-order valence-corrected chi connectivity index (χ3v) is 5.80. The van der Waals surface area contributed by atoms with Crippen LogP contribution in [0.5, 0.6) is 0 Å². The summed E-state index contributed by atoms with van der Waals surface area (Å²) >= 11 is 0. The maximum atomic E-state index is 11.4. The monoisotopic (exact) mass is 366 g/mol. The van der Waals surface area contributed by atoms with E-state index in [1.54, 1.807) is 6.92 Å². The van der Waals surface area contributed by atoms with Crippen LogP contribution in [0.3, 0.4) is 0 Å². The number of likely N-dealkylation sites (tertiary alicyclic amines) is 1. The summed E-state index contributed by atoms with van der Waals surface area (Å²) in [6.07, 6.45) is 1.83. The molecule has 1 aromatic carbocycles. The summed E-state index contributed by atoms with van der Waals surface area (Å²) in [4.78, 5) is 6.97. The minimum atomic E-state index is -3.11. The molecule has 6 nitrogen and oxygen atoms in total. The van der Waals surface area contributed by atoms with Gasteiger partial charge in [0, 0.05) is 38.6 Å². The molecule has 0 radical (unpaired) electrons. The summed E-state index contributed by atoms with van der Waals surface area (Å²) in [5, 5.41) is 3.35. The molecule has 0 bridgehead atoms. The Kier molecular flexibility index (Phi) is 7.71. The third kappa shape index (κ3) is 6.32. The van der Waals surface area contributed by atoms with Gasteiger partial charge in [0.2, 0.25) is 10.0 Å². The molecule has 0 saturated carbocycles. The van der Waals surface area contributed by atoms with Crippen molar-refractivity contribution in [3.05, 3.63) is 35.9 Å². The van der Waals surface area contributed by atoms with Crippen LogP contribution >= 0.6 is 0 Å². The van der Waals surface area contributed by atoms with Crippen molar-refractivity contribution in [2.75, 3.05) is 38.5 Å². The lowest BCUT2D eigenvalue weighted by molar-refractivity contribution is 0.485. The van der Waals surface area contributed by atoms with Crippen molar-refractivity contribution < 1.29 is 8.42 Å². The van der Waals surface area contributed by atoms with Gasteiger partial charge in [-0.2, -0.15) is 0 Å². The first-order valence-electron chi connectivity index (χ1n) is 9.11. The van der Waals surface area contributed by atoms with Crippen molar-refractivity contribution in [3.63, 3.8) is 0 Å². The molecule has 0 amide bonds. The Morgan fingerprint density at radius 1 is 1.28 bits per heavy atom. The summed E-state index contributed by atoms with van der Waals surface area (Å²) in [5.74, 6) is 1.59. The van der Waals surface area contributed by atoms with Gasteiger partial charge in [0.1, 0.15) is 0 Å². The van der Waals surface area contributed by atoms with E-state index in [1.165, 1.54) is 5.56 Å². The molecule has 1 heterocycles. The number of benzene rings is 1. The summed E-state index contributed by atoms with van der Waals surface area (Å²) in [5.41, 5.74) is 1.38. The fourth-order valence-corrected chi connectivity index (χ4v) is 3.63. The van der Waals surface area contributed by atoms with E-state index in [1.807, 2.05) is 0 Å². The van der Waals surface area contributed by atoms with Gasteiger partial charge in [-0.15, -0.1) is 0 Å². The molecule has 2 N–H and O–H groups in total. The summed E-state index contributed by atoms with van der Waals surface area (Å²) < 4.78 is 25.4. The van der Waals surface area contributed by atoms with Crippen LogP contribution in [0.4, 0.5) is 0 Å². The molecule has 0 aliphatic carbocycles. The van der Waals surface area contributed by atoms with Gasteiger partial charge in [-0.1, -0.05) is 30.3 Å². The Labute approximate surface area is 151 Å². The number of hydrogen-bond donors (Lipinski definition) is 2. The normalized spacial score (nSPS) is 18.6. The molecule has 2 rings (SSSR count). The molecule has 1 aliphatic heterocycles. The van der Waals surface area contributed by atoms with Crippen molar-refractivity contribution in [2.24, 2.45) is 4.99 Å². The number of nitrogens with zero attached hydrogens (tertiary/aromatic N) is 2. The molecular weight excluding hydrogens is 336 g/mol. The Morgan fingerprint density at radius 3 is 2.72 bits per heavy atom. The number of nitrogens with one attached hydrogen (secondary N) is 2. The minimum Gasteiger partial charge on any atom is -0.357 e. The predicted octanol–water partition coefficient (Wildman–Crippen LogP) is 1.77. The average Bonchev–Trinajstić information content (AvgIpc) is 3.11. The molecule has 25 heavy (non-hydrogen) atoms. The van der Waals surface area contributed by atoms with Gasteiger partial charge in [0.25, 0.3) is 0 Å². The lowest BCUT2D eigenvalue weighted by Gasteiger charge is -2.21. The molecule has 140 valence electrons. The second kappa shape index (κ2) is 9.77. The van der Waals surface area contributed by atoms with E-state index >= 15 is 0 Å². The molecule has 0 aromatic heterocycles. The Hall–Kier alpha value is -1.60. The zero-order valence-corrected chi connectivity index (χ0v) is 16.1. The lowest BCUT2D eigenvalue weighted by Crippen LogP contribution is -2.40. The van der Waals surface area contributed by atoms with Crippen LogP contribution in [0.15, 0.2) is 35.3 Å². The Balaban J connectivity index is 1.85. The van der Waals surface area contributed by atoms with E-state index in [4.69, 9.17) is 0 Å². The maximum Gasteiger partial charge on any atom is 0.211 e. The van der Waals surface area contributed by atoms with E-state index < -0.39 is 10.0 Å². The van der Waals surface area contributed by atoms with Gasteiger partial charge in [-0.3, -0.25) is 4.99 Å². The van der Waals surface area contributed by atoms with Crippen LogP contribution in [0.25, 0.3) is 0 Å². The van der Waals surface area contributed by atoms with Crippen molar-refractivity contribution in [1.82, 2.24) is 14.9 Å². The molecule has 1 fully saturated rings. The van der Waals surface area contributed by atoms with Crippen LogP contribution in [-0.4, -0.2) is 57.8 Å². The average molecular weight is 367 g/mol. The lowest BCUT2D eigenvalue weighted by atomic mass is 9.99. The molecule has 0 spiro atoms. The van der Waals surface area contributed by atoms with E-state index in [0.717, 1.165) is 32.0 Å². The van der Waals surface area contributed by atoms with Crippen molar-refractivity contribution >= 4 is 16.0 Å². The predicted molar refractivity (Wildman–Crippen MR) is 103 cm³/mol. The first-order valence-corrected chi connectivity index (χ1v) is 10.8. The maximum absolute atomic E-state index is 11.4. The van der Waals surface area contributed by atoms with Gasteiger partial charge in [0.15, 0.2) is 5.96 Å². The number of aliphatic imine (C=N–C) groups is 1. The highest BCUT2D eigenvalue weighted by Gasteiger charge is 2.25. The SMILES string of the molecule is CCNC(=NCCCNS(=O)(=O)CC)N1CCC(c2ccccc2)C1. The van der Waals surface area contributed by atoms with Crippen LogP contribution in [0.2, 0.25) is 0 Å². The topological polar surface area (TPSA) is 73.8 Å². The molecule has 7 heteroatoms. The quantitative estimate of drug-likeness (QED) is 0.418. The minimum absolute atomic E-state index is 0.119. The van der Waals surface area contributed by atoms with Crippen LogP contribution in [0, 0.1) is 0 Å². The van der Waals surface area contributed by atoms with Gasteiger partial charge in [-0.25, -0.2) is 13.1 Å². The van der Waals surface area contributed by atoms with Gasteiger partial charge in [-0.05, 0) is 32.3 Å². The molecule has 1 unspecified atom stereocenters. The highest BCUT2D eigenvalue weighted by Crippen LogP contribution is 2.26. The second-order valence-corrected chi connectivity index (χ2v) is 8.32. The van der Waals surface area contributed by atoms with Crippen molar-refractivity contribution in [2.45, 2.75) is 32.6 Å². The largest absolute Gasteiger partial charge is 0.357 e. The molecule has 1 atom stereocenters. The van der Waals surface area contributed by atoms with E-state index in [9.17, 15) is 8.42 Å². The highest BCUT2D eigenvalue weighted by molar-refractivity contribution is 7.89. The Bertz CT molecular complexity index is 646. The van der Waals surface area contributed by atoms with E-state index in [-0.39, 0.29) is 5.75 Å². The molecular formula is C18H30N4O2S. The first-order chi connectivity index (χ1) is 12.1. The van der Waals surface area contributed by atoms with Crippen LogP contribution in [0.1, 0.15) is 38.2 Å². The summed E-state index contributed by atoms with van der Waals surface area (Å²) in [7, 11) is -3.11. The zero-order chi connectivity index (χ0) is 18.1. The number of hydrogen-bond acceptors (Lipinski definition) is 3.